The summed E-state index contributed by atoms with van der Waals surface area (Å²) in [6.45, 7) is 2.05. The summed E-state index contributed by atoms with van der Waals surface area (Å²) in [6, 6.07) is 19.3. The number of nitrogens with zero attached hydrogens (tertiary/aromatic N) is 2. The maximum atomic E-state index is 12.5. The molecule has 0 radical (unpaired) electrons. The van der Waals surface area contributed by atoms with Gasteiger partial charge in [-0.05, 0) is 43.0 Å². The molecule has 3 rings (SSSR count). The van der Waals surface area contributed by atoms with Crippen molar-refractivity contribution in [3.63, 3.8) is 0 Å². The minimum atomic E-state index is -0.0208. The van der Waals surface area contributed by atoms with Crippen LogP contribution in [0.4, 0.5) is 0 Å². The smallest absolute Gasteiger partial charge is 0.253 e. The lowest BCUT2D eigenvalue weighted by Gasteiger charge is -2.17. The van der Waals surface area contributed by atoms with Crippen LogP contribution in [0.3, 0.4) is 0 Å². The molecule has 2 aromatic carbocycles. The second kappa shape index (κ2) is 8.46. The van der Waals surface area contributed by atoms with E-state index in [-0.39, 0.29) is 12.0 Å². The Labute approximate surface area is 148 Å². The highest BCUT2D eigenvalue weighted by Crippen LogP contribution is 2.17. The predicted molar refractivity (Wildman–Crippen MR) is 96.2 cm³/mol. The van der Waals surface area contributed by atoms with Crippen LogP contribution in [0.25, 0.3) is 0 Å². The normalized spacial score (nSPS) is 16.6. The van der Waals surface area contributed by atoms with Crippen LogP contribution < -0.4 is 0 Å². The molecule has 0 aromatic heterocycles. The van der Waals surface area contributed by atoms with Gasteiger partial charge in [-0.2, -0.15) is 5.26 Å². The van der Waals surface area contributed by atoms with Crippen LogP contribution in [0.15, 0.2) is 54.6 Å². The topological polar surface area (TPSA) is 53.3 Å². The first-order chi connectivity index (χ1) is 12.3. The quantitative estimate of drug-likeness (QED) is 0.761. The van der Waals surface area contributed by atoms with Crippen LogP contribution in [0.1, 0.15) is 34.3 Å². The van der Waals surface area contributed by atoms with Gasteiger partial charge in [-0.3, -0.25) is 4.79 Å². The van der Waals surface area contributed by atoms with E-state index in [4.69, 9.17) is 10.00 Å². The second-order valence-corrected chi connectivity index (χ2v) is 6.31. The number of amides is 1. The van der Waals surface area contributed by atoms with E-state index in [0.717, 1.165) is 19.3 Å². The minimum absolute atomic E-state index is 0.0208. The van der Waals surface area contributed by atoms with Crippen LogP contribution in [0.5, 0.6) is 0 Å². The van der Waals surface area contributed by atoms with Gasteiger partial charge in [0, 0.05) is 25.3 Å². The molecule has 1 atom stereocenters. The first-order valence-corrected chi connectivity index (χ1v) is 8.71. The zero-order valence-corrected chi connectivity index (χ0v) is 14.2. The number of nitriles is 1. The lowest BCUT2D eigenvalue weighted by molar-refractivity contribution is 0.0525. The zero-order valence-electron chi connectivity index (χ0n) is 14.2. The van der Waals surface area contributed by atoms with Crippen molar-refractivity contribution in [2.45, 2.75) is 25.4 Å². The van der Waals surface area contributed by atoms with E-state index in [9.17, 15) is 4.79 Å². The summed E-state index contributed by atoms with van der Waals surface area (Å²) >= 11 is 0. The van der Waals surface area contributed by atoms with Crippen molar-refractivity contribution in [1.82, 2.24) is 4.90 Å². The molecule has 128 valence electrons. The molecule has 1 aliphatic heterocycles. The first-order valence-electron chi connectivity index (χ1n) is 8.71. The number of carbonyl (C=O) groups excluding carboxylic acids is 1. The van der Waals surface area contributed by atoms with E-state index in [2.05, 4.69) is 30.3 Å². The summed E-state index contributed by atoms with van der Waals surface area (Å²) in [5.74, 6) is -0.0208. The highest BCUT2D eigenvalue weighted by atomic mass is 16.5. The lowest BCUT2D eigenvalue weighted by atomic mass is 10.1. The summed E-state index contributed by atoms with van der Waals surface area (Å²) in [7, 11) is 0. The van der Waals surface area contributed by atoms with Gasteiger partial charge in [0.2, 0.25) is 0 Å². The molecule has 1 amide bonds. The Morgan fingerprint density at radius 2 is 2.04 bits per heavy atom. The van der Waals surface area contributed by atoms with Crippen molar-refractivity contribution in [2.75, 3.05) is 19.7 Å². The molecule has 4 nitrogen and oxygen atoms in total. The number of hydrogen-bond donors (Lipinski definition) is 0. The van der Waals surface area contributed by atoms with E-state index < -0.39 is 0 Å². The van der Waals surface area contributed by atoms with Crippen molar-refractivity contribution < 1.29 is 9.53 Å². The molecule has 0 aliphatic carbocycles. The predicted octanol–water partition coefficient (Wildman–Crippen LogP) is 3.42. The van der Waals surface area contributed by atoms with Crippen molar-refractivity contribution in [3.05, 3.63) is 71.3 Å². The summed E-state index contributed by atoms with van der Waals surface area (Å²) in [5, 5.41) is 8.96. The molecular formula is C21H22N2O2. The number of hydrogen-bond acceptors (Lipinski definition) is 3. The Kier molecular flexibility index (Phi) is 5.81. The van der Waals surface area contributed by atoms with Crippen LogP contribution in [0.2, 0.25) is 0 Å². The maximum Gasteiger partial charge on any atom is 0.253 e. The van der Waals surface area contributed by atoms with Crippen molar-refractivity contribution in [3.8, 4) is 6.07 Å². The molecule has 0 spiro atoms. The summed E-state index contributed by atoms with van der Waals surface area (Å²) in [6.07, 6.45) is 2.98. The average molecular weight is 334 g/mol. The number of rotatable bonds is 6. The largest absolute Gasteiger partial charge is 0.376 e. The Balaban J connectivity index is 1.43. The molecule has 1 saturated heterocycles. The van der Waals surface area contributed by atoms with E-state index in [1.165, 1.54) is 5.56 Å². The number of ether oxygens (including phenoxy) is 1. The zero-order chi connectivity index (χ0) is 17.5. The van der Waals surface area contributed by atoms with Gasteiger partial charge in [0.15, 0.2) is 0 Å². The molecule has 2 aromatic rings. The molecule has 1 fully saturated rings. The highest BCUT2D eigenvalue weighted by Gasteiger charge is 2.27. The fourth-order valence-electron chi connectivity index (χ4n) is 3.12. The molecule has 25 heavy (non-hydrogen) atoms. The van der Waals surface area contributed by atoms with Gasteiger partial charge in [0.05, 0.1) is 17.7 Å². The summed E-state index contributed by atoms with van der Waals surface area (Å²) < 4.78 is 5.94. The average Bonchev–Trinajstić information content (AvgIpc) is 3.14. The third-order valence-electron chi connectivity index (χ3n) is 4.48. The Hall–Kier alpha value is -2.64. The lowest BCUT2D eigenvalue weighted by Crippen LogP contribution is -2.30. The Bertz CT molecular complexity index is 752. The fourth-order valence-corrected chi connectivity index (χ4v) is 3.12. The maximum absolute atomic E-state index is 12.5. The molecule has 0 saturated carbocycles. The summed E-state index contributed by atoms with van der Waals surface area (Å²) in [4.78, 5) is 14.4. The van der Waals surface area contributed by atoms with Crippen LogP contribution in [0, 0.1) is 11.3 Å². The Morgan fingerprint density at radius 3 is 2.84 bits per heavy atom. The standard InChI is InChI=1S/C21H22N2O2/c22-15-18-8-4-10-19(14-18)21(24)23-12-11-20(16-23)25-13-5-9-17-6-2-1-3-7-17/h1-4,6-8,10,14,20H,5,9,11-13,16H2/t20-/m0/s1. The molecule has 0 unspecified atom stereocenters. The molecule has 4 heteroatoms. The Morgan fingerprint density at radius 1 is 1.20 bits per heavy atom. The van der Waals surface area contributed by atoms with Gasteiger partial charge < -0.3 is 9.64 Å². The van der Waals surface area contributed by atoms with E-state index in [1.54, 1.807) is 24.3 Å². The van der Waals surface area contributed by atoms with E-state index in [1.807, 2.05) is 11.0 Å². The molecular weight excluding hydrogens is 312 g/mol. The fraction of sp³-hybridized carbons (Fsp3) is 0.333. The third kappa shape index (κ3) is 4.68. The van der Waals surface area contributed by atoms with Crippen LogP contribution in [-0.2, 0) is 11.2 Å². The second-order valence-electron chi connectivity index (χ2n) is 6.31. The number of carbonyl (C=O) groups is 1. The molecule has 1 heterocycles. The monoisotopic (exact) mass is 334 g/mol. The van der Waals surface area contributed by atoms with Crippen molar-refractivity contribution in [1.29, 1.82) is 5.26 Å². The van der Waals surface area contributed by atoms with E-state index >= 15 is 0 Å². The molecule has 1 aliphatic rings. The van der Waals surface area contributed by atoms with Gasteiger partial charge in [-0.1, -0.05) is 36.4 Å². The molecule has 0 N–H and O–H groups in total. The number of benzene rings is 2. The first kappa shape index (κ1) is 17.2. The third-order valence-corrected chi connectivity index (χ3v) is 4.48. The number of likely N-dealkylation sites (tertiary alicyclic amines) is 1. The number of aryl methyl sites for hydroxylation is 1. The van der Waals surface area contributed by atoms with Crippen LogP contribution in [-0.4, -0.2) is 36.6 Å². The van der Waals surface area contributed by atoms with Crippen molar-refractivity contribution in [2.24, 2.45) is 0 Å². The van der Waals surface area contributed by atoms with E-state index in [0.29, 0.717) is 30.8 Å². The van der Waals surface area contributed by atoms with Gasteiger partial charge in [0.25, 0.3) is 5.91 Å². The van der Waals surface area contributed by atoms with Gasteiger partial charge in [-0.25, -0.2) is 0 Å². The SMILES string of the molecule is N#Cc1cccc(C(=O)N2CC[C@H](OCCCc3ccccc3)C2)c1. The van der Waals surface area contributed by atoms with Gasteiger partial charge >= 0.3 is 0 Å². The van der Waals surface area contributed by atoms with Gasteiger partial charge in [-0.15, -0.1) is 0 Å². The summed E-state index contributed by atoms with van der Waals surface area (Å²) in [5.41, 5.74) is 2.41. The van der Waals surface area contributed by atoms with Crippen molar-refractivity contribution >= 4 is 5.91 Å². The van der Waals surface area contributed by atoms with Crippen LogP contribution >= 0.6 is 0 Å². The minimum Gasteiger partial charge on any atom is -0.376 e. The highest BCUT2D eigenvalue weighted by molar-refractivity contribution is 5.94. The molecule has 0 bridgehead atoms. The van der Waals surface area contributed by atoms with Gasteiger partial charge in [0.1, 0.15) is 0 Å².